The molecular weight excluding hydrogens is 300 g/mol. The van der Waals surface area contributed by atoms with E-state index in [4.69, 9.17) is 4.74 Å². The Morgan fingerprint density at radius 2 is 1.88 bits per heavy atom. The van der Waals surface area contributed by atoms with Crippen molar-refractivity contribution in [2.24, 2.45) is 4.99 Å². The quantitative estimate of drug-likeness (QED) is 0.436. The number of benzene rings is 1. The average Bonchev–Trinajstić information content (AvgIpc) is 2.63. The van der Waals surface area contributed by atoms with Crippen molar-refractivity contribution in [1.29, 1.82) is 0 Å². The molecule has 5 nitrogen and oxygen atoms in total. The molecule has 1 heterocycles. The van der Waals surface area contributed by atoms with Crippen LogP contribution in [-0.2, 0) is 17.8 Å². The molecule has 0 bridgehead atoms. The van der Waals surface area contributed by atoms with E-state index in [9.17, 15) is 0 Å². The van der Waals surface area contributed by atoms with Gasteiger partial charge in [0.25, 0.3) is 0 Å². The van der Waals surface area contributed by atoms with E-state index in [0.29, 0.717) is 0 Å². The maximum atomic E-state index is 5.44. The minimum absolute atomic E-state index is 0.800. The van der Waals surface area contributed by atoms with Crippen molar-refractivity contribution in [3.8, 4) is 0 Å². The molecule has 0 atom stereocenters. The van der Waals surface area contributed by atoms with E-state index < -0.39 is 0 Å². The molecule has 0 amide bonds. The topological polar surface area (TPSA) is 48.9 Å². The lowest BCUT2D eigenvalue weighted by molar-refractivity contribution is 0.0341. The van der Waals surface area contributed by atoms with Gasteiger partial charge in [-0.2, -0.15) is 0 Å². The van der Waals surface area contributed by atoms with E-state index in [1.54, 1.807) is 0 Å². The summed E-state index contributed by atoms with van der Waals surface area (Å²) in [6, 6.07) is 8.66. The largest absolute Gasteiger partial charge is 0.379 e. The van der Waals surface area contributed by atoms with Crippen LogP contribution in [0.5, 0.6) is 0 Å². The van der Waals surface area contributed by atoms with Crippen LogP contribution in [-0.4, -0.2) is 50.8 Å². The fourth-order valence-electron chi connectivity index (χ4n) is 2.87. The monoisotopic (exact) mass is 332 g/mol. The van der Waals surface area contributed by atoms with Crippen LogP contribution in [0.1, 0.15) is 37.3 Å². The lowest BCUT2D eigenvalue weighted by atomic mass is 10.1. The van der Waals surface area contributed by atoms with Crippen molar-refractivity contribution in [3.05, 3.63) is 35.4 Å². The van der Waals surface area contributed by atoms with Gasteiger partial charge in [-0.15, -0.1) is 0 Å². The Balaban J connectivity index is 1.84. The molecule has 24 heavy (non-hydrogen) atoms. The minimum atomic E-state index is 0.800. The Bertz CT molecular complexity index is 498. The predicted octanol–water partition coefficient (Wildman–Crippen LogP) is 2.37. The first kappa shape index (κ1) is 18.7. The van der Waals surface area contributed by atoms with Crippen molar-refractivity contribution >= 4 is 5.96 Å². The highest BCUT2D eigenvalue weighted by Crippen LogP contribution is 2.13. The van der Waals surface area contributed by atoms with Gasteiger partial charge in [0.15, 0.2) is 5.96 Å². The molecule has 1 aliphatic heterocycles. The Labute approximate surface area is 146 Å². The van der Waals surface area contributed by atoms with Crippen molar-refractivity contribution in [2.45, 2.75) is 39.3 Å². The van der Waals surface area contributed by atoms with Crippen LogP contribution < -0.4 is 10.6 Å². The Kier molecular flexibility index (Phi) is 8.63. The maximum Gasteiger partial charge on any atom is 0.191 e. The standard InChI is InChI=1S/C19H32N4O/c1-3-4-7-10-21-19(20-2)22-15-17-8-5-6-9-18(17)16-23-11-13-24-14-12-23/h5-6,8-9H,3-4,7,10-16H2,1-2H3,(H2,20,21,22). The van der Waals surface area contributed by atoms with E-state index in [1.807, 2.05) is 7.05 Å². The van der Waals surface area contributed by atoms with Gasteiger partial charge < -0.3 is 15.4 Å². The number of hydrogen-bond donors (Lipinski definition) is 2. The van der Waals surface area contributed by atoms with Gasteiger partial charge in [-0.1, -0.05) is 44.0 Å². The van der Waals surface area contributed by atoms with Crippen LogP contribution in [0.3, 0.4) is 0 Å². The minimum Gasteiger partial charge on any atom is -0.379 e. The summed E-state index contributed by atoms with van der Waals surface area (Å²) in [6.45, 7) is 8.70. The number of guanidine groups is 1. The summed E-state index contributed by atoms with van der Waals surface area (Å²) in [5.41, 5.74) is 2.72. The summed E-state index contributed by atoms with van der Waals surface area (Å²) >= 11 is 0. The van der Waals surface area contributed by atoms with Crippen LogP contribution in [0.15, 0.2) is 29.3 Å². The van der Waals surface area contributed by atoms with Gasteiger partial charge in [-0.25, -0.2) is 0 Å². The van der Waals surface area contributed by atoms with Crippen LogP contribution in [0.4, 0.5) is 0 Å². The maximum absolute atomic E-state index is 5.44. The second kappa shape index (κ2) is 11.0. The Morgan fingerprint density at radius 1 is 1.12 bits per heavy atom. The number of ether oxygens (including phenoxy) is 1. The molecule has 0 spiro atoms. The van der Waals surface area contributed by atoms with E-state index >= 15 is 0 Å². The summed E-state index contributed by atoms with van der Waals surface area (Å²) in [5, 5.41) is 6.82. The highest BCUT2D eigenvalue weighted by molar-refractivity contribution is 5.79. The molecule has 2 N–H and O–H groups in total. The molecule has 1 saturated heterocycles. The molecule has 0 aliphatic carbocycles. The van der Waals surface area contributed by atoms with Gasteiger partial charge in [0.05, 0.1) is 13.2 Å². The third kappa shape index (κ3) is 6.49. The molecule has 0 saturated carbocycles. The normalized spacial score (nSPS) is 16.2. The Morgan fingerprint density at radius 3 is 2.58 bits per heavy atom. The van der Waals surface area contributed by atoms with E-state index in [2.05, 4.69) is 51.7 Å². The second-order valence-corrected chi connectivity index (χ2v) is 6.22. The van der Waals surface area contributed by atoms with Gasteiger partial charge >= 0.3 is 0 Å². The average molecular weight is 332 g/mol. The van der Waals surface area contributed by atoms with Gasteiger partial charge in [0.1, 0.15) is 0 Å². The number of hydrogen-bond acceptors (Lipinski definition) is 3. The number of aliphatic imine (C=N–C) groups is 1. The first-order valence-electron chi connectivity index (χ1n) is 9.15. The van der Waals surface area contributed by atoms with Crippen molar-refractivity contribution in [1.82, 2.24) is 15.5 Å². The lowest BCUT2D eigenvalue weighted by Gasteiger charge is -2.27. The first-order chi connectivity index (χ1) is 11.8. The highest BCUT2D eigenvalue weighted by Gasteiger charge is 2.12. The number of nitrogens with zero attached hydrogens (tertiary/aromatic N) is 2. The fraction of sp³-hybridized carbons (Fsp3) is 0.632. The summed E-state index contributed by atoms with van der Waals surface area (Å²) in [6.07, 6.45) is 3.68. The SMILES string of the molecule is CCCCCNC(=NC)NCc1ccccc1CN1CCOCC1. The number of nitrogens with one attached hydrogen (secondary N) is 2. The molecule has 0 unspecified atom stereocenters. The molecular formula is C19H32N4O. The van der Waals surface area contributed by atoms with Gasteiger partial charge in [0.2, 0.25) is 0 Å². The summed E-state index contributed by atoms with van der Waals surface area (Å²) in [5.74, 6) is 0.882. The van der Waals surface area contributed by atoms with Crippen LogP contribution >= 0.6 is 0 Å². The van der Waals surface area contributed by atoms with E-state index in [0.717, 1.165) is 51.9 Å². The fourth-order valence-corrected chi connectivity index (χ4v) is 2.87. The molecule has 1 aromatic carbocycles. The van der Waals surface area contributed by atoms with Crippen LogP contribution in [0.25, 0.3) is 0 Å². The molecule has 1 aromatic rings. The molecule has 1 fully saturated rings. The van der Waals surface area contributed by atoms with Crippen molar-refractivity contribution < 1.29 is 4.74 Å². The van der Waals surface area contributed by atoms with Gasteiger partial charge in [-0.05, 0) is 17.5 Å². The van der Waals surface area contributed by atoms with Gasteiger partial charge in [-0.3, -0.25) is 9.89 Å². The zero-order valence-electron chi connectivity index (χ0n) is 15.2. The van der Waals surface area contributed by atoms with Crippen molar-refractivity contribution in [3.63, 3.8) is 0 Å². The third-order valence-corrected chi connectivity index (χ3v) is 4.36. The zero-order valence-corrected chi connectivity index (χ0v) is 15.2. The molecule has 1 aliphatic rings. The number of rotatable bonds is 8. The zero-order chi connectivity index (χ0) is 17.0. The lowest BCUT2D eigenvalue weighted by Crippen LogP contribution is -2.38. The third-order valence-electron chi connectivity index (χ3n) is 4.36. The highest BCUT2D eigenvalue weighted by atomic mass is 16.5. The van der Waals surface area contributed by atoms with Crippen molar-refractivity contribution in [2.75, 3.05) is 39.9 Å². The molecule has 0 aromatic heterocycles. The summed E-state index contributed by atoms with van der Waals surface area (Å²) in [7, 11) is 1.83. The molecule has 2 rings (SSSR count). The van der Waals surface area contributed by atoms with Crippen LogP contribution in [0, 0.1) is 0 Å². The molecule has 134 valence electrons. The van der Waals surface area contributed by atoms with Gasteiger partial charge in [0, 0.05) is 39.8 Å². The van der Waals surface area contributed by atoms with Crippen LogP contribution in [0.2, 0.25) is 0 Å². The molecule has 0 radical (unpaired) electrons. The second-order valence-electron chi connectivity index (χ2n) is 6.22. The predicted molar refractivity (Wildman–Crippen MR) is 100 cm³/mol. The smallest absolute Gasteiger partial charge is 0.191 e. The first-order valence-corrected chi connectivity index (χ1v) is 9.15. The van der Waals surface area contributed by atoms with E-state index in [-0.39, 0.29) is 0 Å². The number of morpholine rings is 1. The summed E-state index contributed by atoms with van der Waals surface area (Å²) in [4.78, 5) is 6.77. The Hall–Kier alpha value is -1.59. The van der Waals surface area contributed by atoms with E-state index in [1.165, 1.54) is 30.4 Å². The summed E-state index contributed by atoms with van der Waals surface area (Å²) < 4.78 is 5.44. The molecule has 5 heteroatoms. The number of unbranched alkanes of at least 4 members (excludes halogenated alkanes) is 2.